The Morgan fingerprint density at radius 3 is 2.76 bits per heavy atom. The highest BCUT2D eigenvalue weighted by Gasteiger charge is 2.55. The van der Waals surface area contributed by atoms with Crippen LogP contribution in [-0.2, 0) is 4.79 Å². The highest BCUT2D eigenvalue weighted by atomic mass is 35.5. The first-order valence-electron chi connectivity index (χ1n) is 6.45. The molecule has 0 bridgehead atoms. The summed E-state index contributed by atoms with van der Waals surface area (Å²) >= 11 is 6.21. The maximum Gasteiger partial charge on any atom is 0.228 e. The average Bonchev–Trinajstić information content (AvgIpc) is 2.74. The van der Waals surface area contributed by atoms with Gasteiger partial charge in [0.05, 0.1) is 12.1 Å². The van der Waals surface area contributed by atoms with Crippen LogP contribution in [0.25, 0.3) is 0 Å². The van der Waals surface area contributed by atoms with Gasteiger partial charge in [0.2, 0.25) is 11.4 Å². The minimum Gasteiger partial charge on any atom is -0.507 e. The minimum atomic E-state index is -1.55. The Kier molecular flexibility index (Phi) is 2.99. The van der Waals surface area contributed by atoms with Gasteiger partial charge in [-0.05, 0) is 18.6 Å². The van der Waals surface area contributed by atoms with E-state index < -0.39 is 11.4 Å². The quantitative estimate of drug-likeness (QED) is 0.863. The highest BCUT2D eigenvalue weighted by molar-refractivity contribution is 6.34. The topological polar surface area (TPSA) is 72.8 Å². The summed E-state index contributed by atoms with van der Waals surface area (Å²) in [5.41, 5.74) is -0.643. The number of aryl methyl sites for hydroxylation is 1. The normalized spacial score (nSPS) is 23.9. The van der Waals surface area contributed by atoms with Crippen molar-refractivity contribution < 1.29 is 24.2 Å². The van der Waals surface area contributed by atoms with Crippen LogP contribution < -0.4 is 9.47 Å². The summed E-state index contributed by atoms with van der Waals surface area (Å²) in [7, 11) is 1.45. The lowest BCUT2D eigenvalue weighted by Gasteiger charge is -2.28. The van der Waals surface area contributed by atoms with Gasteiger partial charge in [-0.3, -0.25) is 9.59 Å². The van der Waals surface area contributed by atoms with Crippen LogP contribution in [0, 0.1) is 6.92 Å². The molecule has 0 saturated heterocycles. The maximum atomic E-state index is 12.8. The Hall–Kier alpha value is -2.01. The van der Waals surface area contributed by atoms with Gasteiger partial charge in [-0.2, -0.15) is 0 Å². The number of Topliss-reactive ketones (excluding diaryl/α,β-unsaturated/α-hetero) is 1. The van der Waals surface area contributed by atoms with Crippen molar-refractivity contribution >= 4 is 23.2 Å². The first-order chi connectivity index (χ1) is 9.90. The number of hydrogen-bond acceptors (Lipinski definition) is 5. The first kappa shape index (κ1) is 13.9. The third-order valence-corrected chi connectivity index (χ3v) is 4.36. The molecule has 1 N–H and O–H groups in total. The van der Waals surface area contributed by atoms with E-state index in [1.165, 1.54) is 7.11 Å². The number of ether oxygens (including phenoxy) is 2. The highest BCUT2D eigenvalue weighted by Crippen LogP contribution is 2.50. The van der Waals surface area contributed by atoms with Crippen molar-refractivity contribution in [3.8, 4) is 11.5 Å². The van der Waals surface area contributed by atoms with Gasteiger partial charge in [0.25, 0.3) is 0 Å². The molecule has 0 radical (unpaired) electrons. The molecule has 21 heavy (non-hydrogen) atoms. The second-order valence-electron chi connectivity index (χ2n) is 5.17. The zero-order valence-corrected chi connectivity index (χ0v) is 12.3. The van der Waals surface area contributed by atoms with Crippen molar-refractivity contribution in [1.29, 1.82) is 0 Å². The number of methoxy groups -OCH3 is 1. The Morgan fingerprint density at radius 2 is 2.14 bits per heavy atom. The lowest BCUT2D eigenvalue weighted by Crippen LogP contribution is -2.45. The van der Waals surface area contributed by atoms with E-state index in [9.17, 15) is 14.7 Å². The third-order valence-electron chi connectivity index (χ3n) is 3.89. The van der Waals surface area contributed by atoms with Gasteiger partial charge < -0.3 is 14.6 Å². The Labute approximate surface area is 126 Å². The van der Waals surface area contributed by atoms with Crippen LogP contribution in [0.5, 0.6) is 11.5 Å². The molecule has 1 aromatic carbocycles. The number of aliphatic hydroxyl groups is 1. The number of hydrogen-bond donors (Lipinski definition) is 1. The van der Waals surface area contributed by atoms with E-state index >= 15 is 0 Å². The van der Waals surface area contributed by atoms with Crippen LogP contribution in [-0.4, -0.2) is 29.4 Å². The van der Waals surface area contributed by atoms with E-state index in [0.29, 0.717) is 16.3 Å². The SMILES string of the molecule is COc1cc(C)c(Cl)c2c1C(=O)[C@@]1(CCC(=O)C=C1O)O2. The maximum absolute atomic E-state index is 12.8. The first-order valence-corrected chi connectivity index (χ1v) is 6.83. The average molecular weight is 309 g/mol. The minimum absolute atomic E-state index is 0.0835. The van der Waals surface area contributed by atoms with E-state index in [0.717, 1.165) is 6.08 Å². The summed E-state index contributed by atoms with van der Waals surface area (Å²) in [5.74, 6) is -0.501. The summed E-state index contributed by atoms with van der Waals surface area (Å²) < 4.78 is 11.0. The molecule has 1 aromatic rings. The second-order valence-corrected chi connectivity index (χ2v) is 5.55. The largest absolute Gasteiger partial charge is 0.507 e. The van der Waals surface area contributed by atoms with Crippen molar-refractivity contribution in [3.05, 3.63) is 34.1 Å². The second kappa shape index (κ2) is 4.49. The molecule has 1 atom stereocenters. The molecular weight excluding hydrogens is 296 g/mol. The Morgan fingerprint density at radius 1 is 1.43 bits per heavy atom. The number of ketones is 2. The number of carbonyl (C=O) groups excluding carboxylic acids is 2. The molecule has 0 amide bonds. The molecule has 0 saturated carbocycles. The number of carbonyl (C=O) groups is 2. The Balaban J connectivity index is 2.22. The number of aliphatic hydroxyl groups excluding tert-OH is 1. The molecule has 1 spiro atoms. The Bertz CT molecular complexity index is 707. The molecule has 6 heteroatoms. The number of allylic oxidation sites excluding steroid dienone is 1. The lowest BCUT2D eigenvalue weighted by atomic mass is 9.83. The van der Waals surface area contributed by atoms with Gasteiger partial charge in [0, 0.05) is 18.9 Å². The van der Waals surface area contributed by atoms with Gasteiger partial charge in [-0.1, -0.05) is 11.6 Å². The van der Waals surface area contributed by atoms with Crippen molar-refractivity contribution in [2.45, 2.75) is 25.4 Å². The van der Waals surface area contributed by atoms with Crippen LogP contribution >= 0.6 is 11.6 Å². The molecule has 0 fully saturated rings. The third kappa shape index (κ3) is 1.77. The molecule has 2 aliphatic rings. The fourth-order valence-corrected chi connectivity index (χ4v) is 2.92. The standard InChI is InChI=1S/C15H13ClO5/c1-7-5-9(20-2)11-13(12(7)16)21-15(14(11)19)4-3-8(17)6-10(15)18/h5-6,18H,3-4H2,1-2H3/t15-/m0/s1. The van der Waals surface area contributed by atoms with Crippen LogP contribution in [0.15, 0.2) is 17.9 Å². The lowest BCUT2D eigenvalue weighted by molar-refractivity contribution is -0.116. The fourth-order valence-electron chi connectivity index (χ4n) is 2.73. The summed E-state index contributed by atoms with van der Waals surface area (Å²) in [6.07, 6.45) is 1.25. The summed E-state index contributed by atoms with van der Waals surface area (Å²) in [4.78, 5) is 24.1. The monoisotopic (exact) mass is 308 g/mol. The van der Waals surface area contributed by atoms with E-state index in [-0.39, 0.29) is 35.7 Å². The van der Waals surface area contributed by atoms with Crippen LogP contribution in [0.3, 0.4) is 0 Å². The number of halogens is 1. The van der Waals surface area contributed by atoms with Crippen LogP contribution in [0.1, 0.15) is 28.8 Å². The predicted molar refractivity (Wildman–Crippen MR) is 75.4 cm³/mol. The summed E-state index contributed by atoms with van der Waals surface area (Å²) in [6.45, 7) is 1.77. The van der Waals surface area contributed by atoms with Crippen molar-refractivity contribution in [3.63, 3.8) is 0 Å². The van der Waals surface area contributed by atoms with Gasteiger partial charge in [-0.15, -0.1) is 0 Å². The molecule has 1 heterocycles. The van der Waals surface area contributed by atoms with E-state index in [1.807, 2.05) is 0 Å². The van der Waals surface area contributed by atoms with Crippen molar-refractivity contribution in [2.24, 2.45) is 0 Å². The zero-order valence-electron chi connectivity index (χ0n) is 11.5. The van der Waals surface area contributed by atoms with Gasteiger partial charge in [0.15, 0.2) is 11.5 Å². The van der Waals surface area contributed by atoms with Gasteiger partial charge >= 0.3 is 0 Å². The van der Waals surface area contributed by atoms with Gasteiger partial charge in [-0.25, -0.2) is 0 Å². The van der Waals surface area contributed by atoms with Crippen LogP contribution in [0.4, 0.5) is 0 Å². The molecule has 1 aliphatic heterocycles. The van der Waals surface area contributed by atoms with Crippen molar-refractivity contribution in [1.82, 2.24) is 0 Å². The zero-order chi connectivity index (χ0) is 15.4. The van der Waals surface area contributed by atoms with E-state index in [2.05, 4.69) is 0 Å². The summed E-state index contributed by atoms with van der Waals surface area (Å²) in [6, 6.07) is 1.65. The fraction of sp³-hybridized carbons (Fsp3) is 0.333. The predicted octanol–water partition coefficient (Wildman–Crippen LogP) is 2.78. The molecule has 0 unspecified atom stereocenters. The molecule has 5 nitrogen and oxygen atoms in total. The van der Waals surface area contributed by atoms with Crippen LogP contribution in [0.2, 0.25) is 5.02 Å². The smallest absolute Gasteiger partial charge is 0.228 e. The van der Waals surface area contributed by atoms with E-state index in [4.69, 9.17) is 21.1 Å². The summed E-state index contributed by atoms with van der Waals surface area (Å²) in [5, 5.41) is 10.4. The van der Waals surface area contributed by atoms with Gasteiger partial charge in [0.1, 0.15) is 17.1 Å². The molecule has 3 rings (SSSR count). The van der Waals surface area contributed by atoms with E-state index in [1.54, 1.807) is 13.0 Å². The number of fused-ring (bicyclic) bond motifs is 1. The van der Waals surface area contributed by atoms with Crippen molar-refractivity contribution in [2.75, 3.05) is 7.11 Å². The number of rotatable bonds is 1. The molecular formula is C15H13ClO5. The molecule has 0 aromatic heterocycles. The molecule has 1 aliphatic carbocycles. The molecule has 110 valence electrons. The number of benzene rings is 1.